The third-order valence-electron chi connectivity index (χ3n) is 1.95. The Bertz CT molecular complexity index is 493. The highest BCUT2D eigenvalue weighted by atomic mass is 35.5. The van der Waals surface area contributed by atoms with Gasteiger partial charge in [0.05, 0.1) is 5.69 Å². The highest BCUT2D eigenvalue weighted by Crippen LogP contribution is 2.17. The van der Waals surface area contributed by atoms with Gasteiger partial charge >= 0.3 is 0 Å². The molecule has 0 amide bonds. The molecule has 0 aliphatic carbocycles. The zero-order valence-electron chi connectivity index (χ0n) is 8.01. The van der Waals surface area contributed by atoms with Gasteiger partial charge in [-0.3, -0.25) is 4.79 Å². The Morgan fingerprint density at radius 3 is 2.53 bits per heavy atom. The van der Waals surface area contributed by atoms with Crippen molar-refractivity contribution >= 4 is 17.4 Å². The maximum atomic E-state index is 11.1. The lowest BCUT2D eigenvalue weighted by molar-refractivity contribution is 0.101. The Morgan fingerprint density at radius 1 is 1.33 bits per heavy atom. The van der Waals surface area contributed by atoms with Crippen LogP contribution in [-0.2, 0) is 0 Å². The zero-order chi connectivity index (χ0) is 10.8. The minimum atomic E-state index is -0.192. The van der Waals surface area contributed by atoms with Crippen molar-refractivity contribution in [2.45, 2.75) is 6.92 Å². The van der Waals surface area contributed by atoms with Gasteiger partial charge in [-0.25, -0.2) is 4.68 Å². The molecule has 15 heavy (non-hydrogen) atoms. The summed E-state index contributed by atoms with van der Waals surface area (Å²) in [4.78, 5) is 11.1. The Hall–Kier alpha value is -1.68. The molecule has 0 atom stereocenters. The summed E-state index contributed by atoms with van der Waals surface area (Å²) in [5.41, 5.74) is 0.975. The number of ketones is 1. The van der Waals surface area contributed by atoms with Gasteiger partial charge in [0.15, 0.2) is 16.6 Å². The van der Waals surface area contributed by atoms with E-state index in [0.29, 0.717) is 0 Å². The van der Waals surface area contributed by atoms with E-state index in [0.717, 1.165) is 5.69 Å². The summed E-state index contributed by atoms with van der Waals surface area (Å²) in [5, 5.41) is 7.79. The van der Waals surface area contributed by atoms with Crippen molar-refractivity contribution in [3.63, 3.8) is 0 Å². The maximum absolute atomic E-state index is 11.1. The van der Waals surface area contributed by atoms with Crippen LogP contribution >= 0.6 is 11.6 Å². The molecule has 0 unspecified atom stereocenters. The van der Waals surface area contributed by atoms with Crippen molar-refractivity contribution in [1.82, 2.24) is 15.0 Å². The molecule has 0 fully saturated rings. The smallest absolute Gasteiger partial charge is 0.183 e. The number of halogens is 1. The van der Waals surface area contributed by atoms with Crippen LogP contribution in [0.1, 0.15) is 17.4 Å². The third-order valence-corrected chi connectivity index (χ3v) is 2.29. The maximum Gasteiger partial charge on any atom is 0.183 e. The molecule has 0 spiro atoms. The number of rotatable bonds is 2. The second kappa shape index (κ2) is 3.82. The molecule has 0 N–H and O–H groups in total. The van der Waals surface area contributed by atoms with Crippen LogP contribution in [0, 0.1) is 0 Å². The number of carbonyl (C=O) groups excluding carboxylic acids is 1. The van der Waals surface area contributed by atoms with Crippen molar-refractivity contribution in [1.29, 1.82) is 0 Å². The van der Waals surface area contributed by atoms with Crippen molar-refractivity contribution < 1.29 is 4.79 Å². The molecule has 2 aromatic rings. The van der Waals surface area contributed by atoms with Gasteiger partial charge in [0.2, 0.25) is 0 Å². The predicted octanol–water partition coefficient (Wildman–Crippen LogP) is 2.12. The molecule has 5 heteroatoms. The monoisotopic (exact) mass is 221 g/mol. The van der Waals surface area contributed by atoms with Crippen LogP contribution in [0.4, 0.5) is 0 Å². The fraction of sp³-hybridized carbons (Fsp3) is 0.100. The van der Waals surface area contributed by atoms with Crippen molar-refractivity contribution in [2.24, 2.45) is 0 Å². The number of nitrogens with zero attached hydrogens (tertiary/aromatic N) is 3. The molecule has 4 nitrogen and oxygen atoms in total. The van der Waals surface area contributed by atoms with Gasteiger partial charge in [-0.1, -0.05) is 35.0 Å². The lowest BCUT2D eigenvalue weighted by atomic mass is 10.3. The van der Waals surface area contributed by atoms with Crippen LogP contribution < -0.4 is 0 Å². The van der Waals surface area contributed by atoms with Crippen LogP contribution in [-0.4, -0.2) is 20.8 Å². The molecule has 1 aromatic heterocycles. The normalized spacial score (nSPS) is 10.3. The van der Waals surface area contributed by atoms with Crippen molar-refractivity contribution in [2.75, 3.05) is 0 Å². The van der Waals surface area contributed by atoms with E-state index in [1.807, 2.05) is 30.3 Å². The molecule has 2 rings (SSSR count). The lowest BCUT2D eigenvalue weighted by Gasteiger charge is -2.00. The fourth-order valence-electron chi connectivity index (χ4n) is 1.22. The van der Waals surface area contributed by atoms with E-state index in [2.05, 4.69) is 10.3 Å². The molecular formula is C10H8ClN3O. The summed E-state index contributed by atoms with van der Waals surface area (Å²) in [6.45, 7) is 1.41. The van der Waals surface area contributed by atoms with Crippen LogP contribution in [0.25, 0.3) is 5.69 Å². The van der Waals surface area contributed by atoms with Gasteiger partial charge in [0.1, 0.15) is 0 Å². The van der Waals surface area contributed by atoms with E-state index in [9.17, 15) is 4.79 Å². The first kappa shape index (κ1) is 9.86. The Labute approximate surface area is 91.5 Å². The Morgan fingerprint density at radius 2 is 2.00 bits per heavy atom. The molecule has 0 saturated heterocycles. The summed E-state index contributed by atoms with van der Waals surface area (Å²) >= 11 is 5.97. The van der Waals surface area contributed by atoms with Gasteiger partial charge in [-0.2, -0.15) is 0 Å². The molecule has 76 valence electrons. The van der Waals surface area contributed by atoms with E-state index in [1.165, 1.54) is 11.6 Å². The fourth-order valence-corrected chi connectivity index (χ4v) is 1.52. The predicted molar refractivity (Wildman–Crippen MR) is 56.4 cm³/mol. The van der Waals surface area contributed by atoms with Gasteiger partial charge in [0, 0.05) is 6.92 Å². The number of benzene rings is 1. The number of carbonyl (C=O) groups is 1. The molecule has 0 aliphatic heterocycles. The van der Waals surface area contributed by atoms with Gasteiger partial charge in [-0.05, 0) is 12.1 Å². The Balaban J connectivity index is 2.52. The van der Waals surface area contributed by atoms with Crippen LogP contribution in [0.2, 0.25) is 5.15 Å². The summed E-state index contributed by atoms with van der Waals surface area (Å²) in [6.07, 6.45) is 0. The minimum Gasteiger partial charge on any atom is -0.293 e. The van der Waals surface area contributed by atoms with Crippen molar-refractivity contribution in [3.05, 3.63) is 41.2 Å². The third kappa shape index (κ3) is 1.76. The van der Waals surface area contributed by atoms with Crippen LogP contribution in [0.3, 0.4) is 0 Å². The summed E-state index contributed by atoms with van der Waals surface area (Å²) in [7, 11) is 0. The highest BCUT2D eigenvalue weighted by molar-refractivity contribution is 6.32. The number of Topliss-reactive ketones (excluding diaryl/α,β-unsaturated/α-hetero) is 1. The summed E-state index contributed by atoms with van der Waals surface area (Å²) in [5.74, 6) is -0.192. The average Bonchev–Trinajstić information content (AvgIpc) is 2.61. The molecule has 0 bridgehead atoms. The van der Waals surface area contributed by atoms with E-state index in [4.69, 9.17) is 11.6 Å². The largest absolute Gasteiger partial charge is 0.293 e. The summed E-state index contributed by atoms with van der Waals surface area (Å²) in [6, 6.07) is 9.29. The Kier molecular flexibility index (Phi) is 2.51. The lowest BCUT2D eigenvalue weighted by Crippen LogP contribution is -1.97. The van der Waals surface area contributed by atoms with E-state index < -0.39 is 0 Å². The molecule has 0 saturated carbocycles. The second-order valence-electron chi connectivity index (χ2n) is 3.03. The van der Waals surface area contributed by atoms with Crippen LogP contribution in [0.15, 0.2) is 30.3 Å². The van der Waals surface area contributed by atoms with Gasteiger partial charge in [-0.15, -0.1) is 5.10 Å². The average molecular weight is 222 g/mol. The van der Waals surface area contributed by atoms with Gasteiger partial charge in [0.25, 0.3) is 0 Å². The number of para-hydroxylation sites is 1. The van der Waals surface area contributed by atoms with Crippen molar-refractivity contribution in [3.8, 4) is 5.69 Å². The second-order valence-corrected chi connectivity index (χ2v) is 3.39. The number of aromatic nitrogens is 3. The minimum absolute atomic E-state index is 0.192. The summed E-state index contributed by atoms with van der Waals surface area (Å²) < 4.78 is 1.43. The highest BCUT2D eigenvalue weighted by Gasteiger charge is 2.14. The van der Waals surface area contributed by atoms with E-state index >= 15 is 0 Å². The van der Waals surface area contributed by atoms with Crippen LogP contribution in [0.5, 0.6) is 0 Å². The quantitative estimate of drug-likeness (QED) is 0.730. The molecule has 1 aromatic carbocycles. The topological polar surface area (TPSA) is 47.8 Å². The molecular weight excluding hydrogens is 214 g/mol. The standard InChI is InChI=1S/C10H8ClN3O/c1-7(15)9-10(11)14(13-12-9)8-5-3-2-4-6-8/h2-6H,1H3. The SMILES string of the molecule is CC(=O)c1nnn(-c2ccccc2)c1Cl. The van der Waals surface area contributed by atoms with Gasteiger partial charge < -0.3 is 0 Å². The first-order valence-corrected chi connectivity index (χ1v) is 4.75. The van der Waals surface area contributed by atoms with E-state index in [-0.39, 0.29) is 16.6 Å². The molecule has 0 radical (unpaired) electrons. The number of hydrogen-bond donors (Lipinski definition) is 0. The zero-order valence-corrected chi connectivity index (χ0v) is 8.77. The first-order chi connectivity index (χ1) is 7.20. The molecule has 0 aliphatic rings. The number of hydrogen-bond acceptors (Lipinski definition) is 3. The first-order valence-electron chi connectivity index (χ1n) is 4.37. The molecule has 1 heterocycles. The van der Waals surface area contributed by atoms with E-state index in [1.54, 1.807) is 0 Å².